The molecule has 1 atom stereocenters. The SMILES string of the molecule is CCC(=O)/C=C(\c1ccccc1)C(C#N)(CC)c1ccccc1. The second-order valence-corrected chi connectivity index (χ2v) is 5.48. The van der Waals surface area contributed by atoms with Crippen LogP contribution in [-0.2, 0) is 10.2 Å². The quantitative estimate of drug-likeness (QED) is 0.711. The first-order chi connectivity index (χ1) is 11.2. The van der Waals surface area contributed by atoms with Gasteiger partial charge in [-0.05, 0) is 29.2 Å². The van der Waals surface area contributed by atoms with Crippen molar-refractivity contribution in [3.63, 3.8) is 0 Å². The summed E-state index contributed by atoms with van der Waals surface area (Å²) < 4.78 is 0. The maximum atomic E-state index is 12.1. The van der Waals surface area contributed by atoms with Gasteiger partial charge < -0.3 is 0 Å². The summed E-state index contributed by atoms with van der Waals surface area (Å²) in [6.07, 6.45) is 2.68. The van der Waals surface area contributed by atoms with Gasteiger partial charge in [0.1, 0.15) is 5.41 Å². The number of rotatable bonds is 6. The second-order valence-electron chi connectivity index (χ2n) is 5.48. The van der Waals surface area contributed by atoms with E-state index in [-0.39, 0.29) is 5.78 Å². The summed E-state index contributed by atoms with van der Waals surface area (Å²) in [5, 5.41) is 10.0. The largest absolute Gasteiger partial charge is 0.295 e. The van der Waals surface area contributed by atoms with E-state index >= 15 is 0 Å². The number of nitriles is 1. The predicted molar refractivity (Wildman–Crippen MR) is 93.7 cm³/mol. The molecule has 0 spiro atoms. The van der Waals surface area contributed by atoms with Crippen LogP contribution in [-0.4, -0.2) is 5.78 Å². The number of carbonyl (C=O) groups is 1. The molecular formula is C21H21NO. The number of allylic oxidation sites excluding steroid dienone is 2. The van der Waals surface area contributed by atoms with Gasteiger partial charge in [0, 0.05) is 6.42 Å². The van der Waals surface area contributed by atoms with Gasteiger partial charge >= 0.3 is 0 Å². The third-order valence-electron chi connectivity index (χ3n) is 4.19. The zero-order chi connectivity index (χ0) is 16.7. The number of benzene rings is 2. The number of ketones is 1. The zero-order valence-corrected chi connectivity index (χ0v) is 13.6. The monoisotopic (exact) mass is 303 g/mol. The minimum atomic E-state index is -0.826. The van der Waals surface area contributed by atoms with Crippen molar-refractivity contribution in [2.45, 2.75) is 32.1 Å². The molecule has 0 aromatic heterocycles. The summed E-state index contributed by atoms with van der Waals surface area (Å²) in [6, 6.07) is 21.9. The van der Waals surface area contributed by atoms with Gasteiger partial charge in [0.15, 0.2) is 5.78 Å². The Labute approximate surface area is 138 Å². The highest BCUT2D eigenvalue weighted by Crippen LogP contribution is 2.41. The summed E-state index contributed by atoms with van der Waals surface area (Å²) in [7, 11) is 0. The summed E-state index contributed by atoms with van der Waals surface area (Å²) in [6.45, 7) is 3.83. The topological polar surface area (TPSA) is 40.9 Å². The van der Waals surface area contributed by atoms with Gasteiger partial charge in [-0.2, -0.15) is 5.26 Å². The second kappa shape index (κ2) is 7.56. The van der Waals surface area contributed by atoms with Crippen molar-refractivity contribution in [1.29, 1.82) is 5.26 Å². The molecule has 0 aliphatic carbocycles. The lowest BCUT2D eigenvalue weighted by molar-refractivity contribution is -0.114. The Kier molecular flexibility index (Phi) is 5.49. The van der Waals surface area contributed by atoms with Gasteiger partial charge in [-0.15, -0.1) is 0 Å². The summed E-state index contributed by atoms with van der Waals surface area (Å²) >= 11 is 0. The number of carbonyl (C=O) groups excluding carboxylic acids is 1. The Hall–Kier alpha value is -2.66. The van der Waals surface area contributed by atoms with Crippen molar-refractivity contribution in [3.05, 3.63) is 77.9 Å². The van der Waals surface area contributed by atoms with Crippen molar-refractivity contribution < 1.29 is 4.79 Å². The van der Waals surface area contributed by atoms with Crippen molar-refractivity contribution in [1.82, 2.24) is 0 Å². The molecule has 2 aromatic carbocycles. The summed E-state index contributed by atoms with van der Waals surface area (Å²) in [4.78, 5) is 12.1. The van der Waals surface area contributed by atoms with E-state index in [1.54, 1.807) is 6.08 Å². The Bertz CT molecular complexity index is 725. The van der Waals surface area contributed by atoms with E-state index in [0.29, 0.717) is 12.8 Å². The molecule has 0 aliphatic rings. The molecule has 0 fully saturated rings. The molecule has 0 N–H and O–H groups in total. The number of nitrogens with zero attached hydrogens (tertiary/aromatic N) is 1. The van der Waals surface area contributed by atoms with Crippen molar-refractivity contribution in [2.75, 3.05) is 0 Å². The summed E-state index contributed by atoms with van der Waals surface area (Å²) in [5.74, 6) is 0.0351. The van der Waals surface area contributed by atoms with E-state index in [4.69, 9.17) is 0 Å². The highest BCUT2D eigenvalue weighted by atomic mass is 16.1. The Morgan fingerprint density at radius 3 is 2.09 bits per heavy atom. The fraction of sp³-hybridized carbons (Fsp3) is 0.238. The van der Waals surface area contributed by atoms with Crippen LogP contribution in [0.3, 0.4) is 0 Å². The molecule has 0 radical (unpaired) electrons. The fourth-order valence-corrected chi connectivity index (χ4v) is 2.81. The van der Waals surface area contributed by atoms with Gasteiger partial charge in [0.25, 0.3) is 0 Å². The molecule has 2 rings (SSSR count). The highest BCUT2D eigenvalue weighted by molar-refractivity contribution is 5.99. The zero-order valence-electron chi connectivity index (χ0n) is 13.6. The van der Waals surface area contributed by atoms with Crippen LogP contribution < -0.4 is 0 Å². The van der Waals surface area contributed by atoms with Crippen LogP contribution in [0.2, 0.25) is 0 Å². The normalized spacial score (nSPS) is 13.9. The lowest BCUT2D eigenvalue weighted by Crippen LogP contribution is -2.26. The average Bonchev–Trinajstić information content (AvgIpc) is 2.63. The van der Waals surface area contributed by atoms with Crippen LogP contribution in [0, 0.1) is 11.3 Å². The lowest BCUT2D eigenvalue weighted by atomic mass is 9.70. The first kappa shape index (κ1) is 16.7. The molecule has 116 valence electrons. The Morgan fingerprint density at radius 1 is 1.04 bits per heavy atom. The van der Waals surface area contributed by atoms with Gasteiger partial charge in [-0.3, -0.25) is 4.79 Å². The molecule has 2 heteroatoms. The fourth-order valence-electron chi connectivity index (χ4n) is 2.81. The predicted octanol–water partition coefficient (Wildman–Crippen LogP) is 4.92. The van der Waals surface area contributed by atoms with E-state index in [1.807, 2.05) is 74.5 Å². The maximum absolute atomic E-state index is 12.1. The highest BCUT2D eigenvalue weighted by Gasteiger charge is 2.35. The van der Waals surface area contributed by atoms with Gasteiger partial charge in [0.05, 0.1) is 6.07 Å². The summed E-state index contributed by atoms with van der Waals surface area (Å²) in [5.41, 5.74) is 1.79. The number of hydrogen-bond acceptors (Lipinski definition) is 2. The van der Waals surface area contributed by atoms with Crippen molar-refractivity contribution >= 4 is 11.4 Å². The molecule has 0 saturated carbocycles. The molecule has 0 bridgehead atoms. The third-order valence-corrected chi connectivity index (χ3v) is 4.19. The number of hydrogen-bond donors (Lipinski definition) is 0. The molecule has 0 saturated heterocycles. The third kappa shape index (κ3) is 3.40. The van der Waals surface area contributed by atoms with E-state index in [0.717, 1.165) is 16.7 Å². The van der Waals surface area contributed by atoms with Crippen LogP contribution in [0.25, 0.3) is 5.57 Å². The molecule has 2 aromatic rings. The molecule has 2 nitrogen and oxygen atoms in total. The smallest absolute Gasteiger partial charge is 0.155 e. The lowest BCUT2D eigenvalue weighted by Gasteiger charge is -2.29. The minimum Gasteiger partial charge on any atom is -0.295 e. The Balaban J connectivity index is 2.71. The van der Waals surface area contributed by atoms with Crippen molar-refractivity contribution in [2.24, 2.45) is 0 Å². The molecule has 0 amide bonds. The molecule has 0 aliphatic heterocycles. The van der Waals surface area contributed by atoms with E-state index in [1.165, 1.54) is 0 Å². The molecule has 1 unspecified atom stereocenters. The van der Waals surface area contributed by atoms with Crippen LogP contribution in [0.4, 0.5) is 0 Å². The van der Waals surface area contributed by atoms with Gasteiger partial charge in [-0.1, -0.05) is 74.5 Å². The Morgan fingerprint density at radius 2 is 1.61 bits per heavy atom. The van der Waals surface area contributed by atoms with Crippen LogP contribution >= 0.6 is 0 Å². The molecule has 23 heavy (non-hydrogen) atoms. The van der Waals surface area contributed by atoms with Crippen LogP contribution in [0.15, 0.2) is 66.7 Å². The van der Waals surface area contributed by atoms with Crippen molar-refractivity contribution in [3.8, 4) is 6.07 Å². The van der Waals surface area contributed by atoms with Gasteiger partial charge in [0.2, 0.25) is 0 Å². The van der Waals surface area contributed by atoms with Crippen LogP contribution in [0.1, 0.15) is 37.8 Å². The molecule has 0 heterocycles. The van der Waals surface area contributed by atoms with E-state index < -0.39 is 5.41 Å². The van der Waals surface area contributed by atoms with E-state index in [9.17, 15) is 10.1 Å². The first-order valence-corrected chi connectivity index (χ1v) is 7.95. The maximum Gasteiger partial charge on any atom is 0.155 e. The van der Waals surface area contributed by atoms with Gasteiger partial charge in [-0.25, -0.2) is 0 Å². The standard InChI is InChI=1S/C21H21NO/c1-3-19(23)15-20(17-11-7-5-8-12-17)21(4-2,16-22)18-13-9-6-10-14-18/h5-15H,3-4H2,1-2H3/b20-15+. The first-order valence-electron chi connectivity index (χ1n) is 7.95. The van der Waals surface area contributed by atoms with E-state index in [2.05, 4.69) is 6.07 Å². The minimum absolute atomic E-state index is 0.0351. The average molecular weight is 303 g/mol. The van der Waals surface area contributed by atoms with Crippen LogP contribution in [0.5, 0.6) is 0 Å². The molecular weight excluding hydrogens is 282 g/mol.